The van der Waals surface area contributed by atoms with Crippen molar-refractivity contribution in [3.63, 3.8) is 0 Å². The van der Waals surface area contributed by atoms with Gasteiger partial charge in [0.1, 0.15) is 5.60 Å². The largest absolute Gasteiger partial charge is 0.444 e. The molecule has 2 bridgehead atoms. The number of alkyl halides is 2. The Hall–Kier alpha value is -1.44. The minimum atomic E-state index is -2.53. The molecule has 8 heteroatoms. The fraction of sp³-hybridized carbons (Fsp3) is 0.889. The van der Waals surface area contributed by atoms with Crippen molar-refractivity contribution in [1.82, 2.24) is 9.80 Å². The van der Waals surface area contributed by atoms with Gasteiger partial charge in [-0.2, -0.15) is 0 Å². The summed E-state index contributed by atoms with van der Waals surface area (Å²) < 4.78 is 31.7. The molecule has 4 unspecified atom stereocenters. The van der Waals surface area contributed by atoms with Crippen LogP contribution >= 0.6 is 0 Å². The molecule has 0 aromatic heterocycles. The minimum absolute atomic E-state index is 0.0996. The Balaban J connectivity index is 1.68. The van der Waals surface area contributed by atoms with Crippen LogP contribution in [0.1, 0.15) is 52.9 Å². The van der Waals surface area contributed by atoms with Crippen LogP contribution in [-0.2, 0) is 9.53 Å². The van der Waals surface area contributed by atoms with Crippen LogP contribution in [0.25, 0.3) is 0 Å². The zero-order valence-corrected chi connectivity index (χ0v) is 15.7. The molecule has 0 aromatic rings. The van der Waals surface area contributed by atoms with Gasteiger partial charge in [0.25, 0.3) is 0 Å². The first-order chi connectivity index (χ1) is 12.0. The first-order valence-electron chi connectivity index (χ1n) is 9.35. The number of ether oxygens (including phenoxy) is 1. The van der Waals surface area contributed by atoms with Crippen molar-refractivity contribution < 1.29 is 23.1 Å². The number of nitrogens with zero attached hydrogens (tertiary/aromatic N) is 2. The summed E-state index contributed by atoms with van der Waals surface area (Å²) in [6, 6.07) is -0.417. The Morgan fingerprint density at radius 3 is 2.31 bits per heavy atom. The van der Waals surface area contributed by atoms with E-state index in [9.17, 15) is 18.4 Å². The lowest BCUT2D eigenvalue weighted by molar-refractivity contribution is -0.147. The lowest BCUT2D eigenvalue weighted by Crippen LogP contribution is -2.55. The first kappa shape index (κ1) is 19.3. The Bertz CT molecular complexity index is 581. The van der Waals surface area contributed by atoms with Crippen molar-refractivity contribution in [2.24, 2.45) is 11.1 Å². The summed E-state index contributed by atoms with van der Waals surface area (Å²) in [5, 5.41) is 0. The number of hydrogen-bond acceptors (Lipinski definition) is 4. The van der Waals surface area contributed by atoms with E-state index < -0.39 is 23.9 Å². The second-order valence-corrected chi connectivity index (χ2v) is 9.01. The molecule has 2 saturated heterocycles. The van der Waals surface area contributed by atoms with Crippen molar-refractivity contribution in [3.05, 3.63) is 0 Å². The monoisotopic (exact) mass is 373 g/mol. The second-order valence-electron chi connectivity index (χ2n) is 9.01. The van der Waals surface area contributed by atoms with E-state index in [1.54, 1.807) is 9.80 Å². The first-order valence-corrected chi connectivity index (χ1v) is 9.35. The Morgan fingerprint density at radius 1 is 1.23 bits per heavy atom. The molecule has 148 valence electrons. The number of nitrogens with two attached hydrogens (primary N) is 1. The van der Waals surface area contributed by atoms with Crippen molar-refractivity contribution >= 4 is 12.0 Å². The molecule has 0 aromatic carbocycles. The van der Waals surface area contributed by atoms with Gasteiger partial charge in [0.05, 0.1) is 17.5 Å². The molecule has 2 aliphatic heterocycles. The quantitative estimate of drug-likeness (QED) is 0.824. The number of halogens is 2. The van der Waals surface area contributed by atoms with E-state index in [1.165, 1.54) is 0 Å². The van der Waals surface area contributed by atoms with Crippen LogP contribution < -0.4 is 5.73 Å². The van der Waals surface area contributed by atoms with Gasteiger partial charge in [0, 0.05) is 25.6 Å². The molecule has 1 aliphatic carbocycles. The number of carbonyl (C=O) groups is 2. The average molecular weight is 373 g/mol. The molecular weight excluding hydrogens is 344 g/mol. The van der Waals surface area contributed by atoms with Gasteiger partial charge in [-0.1, -0.05) is 0 Å². The summed E-state index contributed by atoms with van der Waals surface area (Å²) in [5.41, 5.74) is 4.31. The summed E-state index contributed by atoms with van der Waals surface area (Å²) in [4.78, 5) is 28.8. The number of rotatable bonds is 3. The molecule has 2 amide bonds. The van der Waals surface area contributed by atoms with Crippen molar-refractivity contribution in [3.8, 4) is 0 Å². The highest BCUT2D eigenvalue weighted by molar-refractivity contribution is 5.84. The maximum absolute atomic E-state index is 13.1. The van der Waals surface area contributed by atoms with Gasteiger partial charge >= 0.3 is 6.09 Å². The molecule has 6 nitrogen and oxygen atoms in total. The van der Waals surface area contributed by atoms with Crippen LogP contribution in [0.15, 0.2) is 0 Å². The number of carbonyl (C=O) groups excluding carboxylic acids is 2. The van der Waals surface area contributed by atoms with Crippen molar-refractivity contribution in [2.45, 2.75) is 83.0 Å². The summed E-state index contributed by atoms with van der Waals surface area (Å²) in [5.74, 6) is -0.206. The van der Waals surface area contributed by atoms with E-state index in [-0.39, 0.29) is 30.1 Å². The predicted octanol–water partition coefficient (Wildman–Crippen LogP) is 2.36. The van der Waals surface area contributed by atoms with Gasteiger partial charge in [0.15, 0.2) is 0 Å². The summed E-state index contributed by atoms with van der Waals surface area (Å²) >= 11 is 0. The molecule has 0 spiro atoms. The number of hydrogen-bond donors (Lipinski definition) is 1. The number of fused-ring (bicyclic) bond motifs is 2. The Kier molecular flexibility index (Phi) is 4.92. The van der Waals surface area contributed by atoms with E-state index in [4.69, 9.17) is 10.5 Å². The summed E-state index contributed by atoms with van der Waals surface area (Å²) in [7, 11) is 0. The van der Waals surface area contributed by atoms with Crippen molar-refractivity contribution in [2.75, 3.05) is 13.1 Å². The highest BCUT2D eigenvalue weighted by atomic mass is 19.3. The topological polar surface area (TPSA) is 75.9 Å². The zero-order chi connectivity index (χ0) is 19.3. The molecule has 26 heavy (non-hydrogen) atoms. The third-order valence-corrected chi connectivity index (χ3v) is 5.77. The summed E-state index contributed by atoms with van der Waals surface area (Å²) in [6.07, 6.45) is -1.31. The van der Waals surface area contributed by atoms with Crippen LogP contribution in [0.2, 0.25) is 0 Å². The third-order valence-electron chi connectivity index (χ3n) is 5.77. The zero-order valence-electron chi connectivity index (χ0n) is 15.7. The number of likely N-dealkylation sites (tertiary alicyclic amines) is 2. The molecule has 3 rings (SSSR count). The minimum Gasteiger partial charge on any atom is -0.444 e. The average Bonchev–Trinajstić information content (AvgIpc) is 3.18. The highest BCUT2D eigenvalue weighted by Gasteiger charge is 2.54. The fourth-order valence-electron chi connectivity index (χ4n) is 4.69. The fourth-order valence-corrected chi connectivity index (χ4v) is 4.69. The normalized spacial score (nSPS) is 34.0. The molecule has 2 N–H and O–H groups in total. The van der Waals surface area contributed by atoms with Gasteiger partial charge in [-0.25, -0.2) is 13.6 Å². The maximum Gasteiger partial charge on any atom is 0.410 e. The van der Waals surface area contributed by atoms with Crippen LogP contribution in [0.4, 0.5) is 13.6 Å². The predicted molar refractivity (Wildman–Crippen MR) is 91.7 cm³/mol. The maximum atomic E-state index is 13.1. The van der Waals surface area contributed by atoms with Crippen molar-refractivity contribution in [1.29, 1.82) is 0 Å². The Labute approximate surface area is 153 Å². The van der Waals surface area contributed by atoms with Gasteiger partial charge in [-0.05, 0) is 46.5 Å². The number of piperazine rings is 1. The van der Waals surface area contributed by atoms with Gasteiger partial charge in [-0.15, -0.1) is 0 Å². The van der Waals surface area contributed by atoms with Gasteiger partial charge in [0.2, 0.25) is 12.3 Å². The molecule has 3 fully saturated rings. The molecule has 4 atom stereocenters. The standard InChI is InChI=1S/C18H29F2N3O3/c1-17(2,3)26-16(25)23-10-12-6-13(23)9-22(12)15(24)18(8-14(19)20)5-4-11(21)7-18/h11-14H,4-10,21H2,1-3H3. The van der Waals surface area contributed by atoms with Crippen LogP contribution in [0.3, 0.4) is 0 Å². The molecular formula is C18H29F2N3O3. The SMILES string of the molecule is CC(C)(C)OC(=O)N1CC2CC1CN2C(=O)C1(CC(F)F)CCC(N)C1. The van der Waals surface area contributed by atoms with Gasteiger partial charge in [-0.3, -0.25) is 4.79 Å². The molecule has 1 saturated carbocycles. The molecule has 0 radical (unpaired) electrons. The Morgan fingerprint density at radius 2 is 1.85 bits per heavy atom. The highest BCUT2D eigenvalue weighted by Crippen LogP contribution is 2.46. The lowest BCUT2D eigenvalue weighted by atomic mass is 9.80. The van der Waals surface area contributed by atoms with Crippen LogP contribution in [0.5, 0.6) is 0 Å². The smallest absolute Gasteiger partial charge is 0.410 e. The summed E-state index contributed by atoms with van der Waals surface area (Å²) in [6.45, 7) is 6.23. The molecule has 3 aliphatic rings. The number of amides is 2. The van der Waals surface area contributed by atoms with Gasteiger partial charge < -0.3 is 20.3 Å². The molecule has 2 heterocycles. The third kappa shape index (κ3) is 3.66. The van der Waals surface area contributed by atoms with Crippen LogP contribution in [0, 0.1) is 5.41 Å². The van der Waals surface area contributed by atoms with E-state index in [0.29, 0.717) is 38.8 Å². The van der Waals surface area contributed by atoms with E-state index in [0.717, 1.165) is 0 Å². The lowest BCUT2D eigenvalue weighted by Gasteiger charge is -2.39. The van der Waals surface area contributed by atoms with Crippen LogP contribution in [-0.4, -0.2) is 65.0 Å². The van der Waals surface area contributed by atoms with E-state index in [1.807, 2.05) is 20.8 Å². The second kappa shape index (κ2) is 6.62. The van der Waals surface area contributed by atoms with E-state index in [2.05, 4.69) is 0 Å². The van der Waals surface area contributed by atoms with E-state index >= 15 is 0 Å².